The lowest BCUT2D eigenvalue weighted by Crippen LogP contribution is -2.42. The Morgan fingerprint density at radius 1 is 0.977 bits per heavy atom. The van der Waals surface area contributed by atoms with Crippen LogP contribution in [0.5, 0.6) is 0 Å². The molecule has 0 bridgehead atoms. The molecule has 0 aliphatic carbocycles. The van der Waals surface area contributed by atoms with Crippen LogP contribution in [0.1, 0.15) is 118 Å². The summed E-state index contributed by atoms with van der Waals surface area (Å²) in [5.41, 5.74) is 1.52. The Bertz CT molecular complexity index is 868. The second kappa shape index (κ2) is 23.4. The van der Waals surface area contributed by atoms with Gasteiger partial charge in [-0.2, -0.15) is 0 Å². The minimum atomic E-state index is -1.15. The largest absolute Gasteiger partial charge is 0.449 e. The fourth-order valence-corrected chi connectivity index (χ4v) is 5.44. The molecule has 1 heterocycles. The molecule has 0 fully saturated rings. The first-order chi connectivity index (χ1) is 20.6. The van der Waals surface area contributed by atoms with Crippen molar-refractivity contribution in [2.75, 3.05) is 20.3 Å². The van der Waals surface area contributed by atoms with E-state index < -0.39 is 36.3 Å². The van der Waals surface area contributed by atoms with E-state index in [1.807, 2.05) is 19.1 Å². The highest BCUT2D eigenvalue weighted by molar-refractivity contribution is 5.91. The van der Waals surface area contributed by atoms with Gasteiger partial charge in [-0.1, -0.05) is 90.0 Å². The number of rotatable bonds is 5. The van der Waals surface area contributed by atoms with E-state index in [2.05, 4.69) is 31.3 Å². The highest BCUT2D eigenvalue weighted by Crippen LogP contribution is 2.20. The molecule has 1 rings (SSSR count). The van der Waals surface area contributed by atoms with Gasteiger partial charge in [-0.15, -0.1) is 0 Å². The van der Waals surface area contributed by atoms with Crippen LogP contribution in [0.2, 0.25) is 0 Å². The van der Waals surface area contributed by atoms with Gasteiger partial charge in [-0.25, -0.2) is 4.79 Å². The van der Waals surface area contributed by atoms with Crippen molar-refractivity contribution < 1.29 is 34.4 Å². The van der Waals surface area contributed by atoms with Crippen molar-refractivity contribution >= 4 is 11.9 Å². The Morgan fingerprint density at radius 2 is 1.65 bits per heavy atom. The zero-order valence-corrected chi connectivity index (χ0v) is 27.6. The Balaban J connectivity index is 2.94. The summed E-state index contributed by atoms with van der Waals surface area (Å²) in [4.78, 5) is 25.6. The Hall–Kier alpha value is -2.00. The standard InChI is InChI=1S/C35H61NO7/c1-6-15-33-34(40)36-24-30(37)23-32(39)31(38)21-20-29(25-42-5)19-14-18-28(7-2)17-13-11-9-8-10-12-16-26(3)22-27(4)35(41)43-33/h14,18-19,22,26,28,30-33,37-39H,6-13,15-17,20-21,23-25H2,1-5H3,(H,36,40)/b18-14+,27-22+,29-19-/t26-,28-,30+,31-,32+,33+/m1/s1. The van der Waals surface area contributed by atoms with Crippen LogP contribution < -0.4 is 5.32 Å². The van der Waals surface area contributed by atoms with E-state index in [0.29, 0.717) is 43.8 Å². The SMILES string of the molecule is CCC[C@@H]1OC(=O)/C(C)=C/[C@H](C)CCCCCCCC[C@@H](CC)/C=C/C=C(\COC)CC[C@@H](O)[C@@H](O)C[C@H](O)CNC1=O. The van der Waals surface area contributed by atoms with Crippen LogP contribution in [-0.2, 0) is 19.1 Å². The minimum Gasteiger partial charge on any atom is -0.449 e. The number of methoxy groups -OCH3 is 1. The number of carbonyl (C=O) groups is 2. The van der Waals surface area contributed by atoms with Crippen molar-refractivity contribution in [1.29, 1.82) is 0 Å². The van der Waals surface area contributed by atoms with Crippen LogP contribution in [-0.4, -0.2) is 71.9 Å². The van der Waals surface area contributed by atoms with E-state index in [-0.39, 0.29) is 18.9 Å². The summed E-state index contributed by atoms with van der Waals surface area (Å²) in [6, 6.07) is 0. The van der Waals surface area contributed by atoms with Crippen molar-refractivity contribution in [2.45, 2.75) is 142 Å². The van der Waals surface area contributed by atoms with Gasteiger partial charge < -0.3 is 30.1 Å². The second-order valence-corrected chi connectivity index (χ2v) is 12.3. The number of ether oxygens (including phenoxy) is 2. The summed E-state index contributed by atoms with van der Waals surface area (Å²) >= 11 is 0. The first-order valence-electron chi connectivity index (χ1n) is 16.7. The number of allylic oxidation sites excluding steroid dienone is 4. The number of carbonyl (C=O) groups excluding carboxylic acids is 2. The third kappa shape index (κ3) is 17.8. The van der Waals surface area contributed by atoms with Crippen LogP contribution in [0, 0.1) is 11.8 Å². The molecule has 0 saturated carbocycles. The Kier molecular flexibility index (Phi) is 21.2. The molecular weight excluding hydrogens is 546 g/mol. The average Bonchev–Trinajstić information content (AvgIpc) is 2.97. The number of amides is 1. The quantitative estimate of drug-likeness (QED) is 0.285. The number of β-amino-alcohol motifs (C(OH)–C–C–N with tert-alkyl or cyclic N) is 1. The highest BCUT2D eigenvalue weighted by Gasteiger charge is 2.25. The van der Waals surface area contributed by atoms with Crippen molar-refractivity contribution in [3.05, 3.63) is 35.5 Å². The molecule has 8 heteroatoms. The third-order valence-electron chi connectivity index (χ3n) is 8.23. The van der Waals surface area contributed by atoms with E-state index in [0.717, 1.165) is 24.8 Å². The molecule has 0 aromatic carbocycles. The monoisotopic (exact) mass is 607 g/mol. The van der Waals surface area contributed by atoms with Gasteiger partial charge in [0.1, 0.15) is 0 Å². The molecule has 0 aromatic rings. The molecule has 1 aliphatic heterocycles. The maximum atomic E-state index is 12.8. The summed E-state index contributed by atoms with van der Waals surface area (Å²) in [7, 11) is 1.64. The molecule has 8 nitrogen and oxygen atoms in total. The maximum absolute atomic E-state index is 12.8. The molecule has 0 spiro atoms. The average molecular weight is 608 g/mol. The normalized spacial score (nSPS) is 32.6. The van der Waals surface area contributed by atoms with Gasteiger partial charge in [-0.3, -0.25) is 4.79 Å². The van der Waals surface area contributed by atoms with Gasteiger partial charge in [-0.05, 0) is 62.9 Å². The summed E-state index contributed by atoms with van der Waals surface area (Å²) in [6.45, 7) is 8.27. The molecule has 248 valence electrons. The van der Waals surface area contributed by atoms with Crippen LogP contribution in [0.3, 0.4) is 0 Å². The first-order valence-corrected chi connectivity index (χ1v) is 16.7. The minimum absolute atomic E-state index is 0.0964. The maximum Gasteiger partial charge on any atom is 0.334 e. The van der Waals surface area contributed by atoms with Crippen LogP contribution in [0.25, 0.3) is 0 Å². The van der Waals surface area contributed by atoms with Crippen molar-refractivity contribution in [3.63, 3.8) is 0 Å². The lowest BCUT2D eigenvalue weighted by atomic mass is 9.96. The first kappa shape index (κ1) is 39.0. The van der Waals surface area contributed by atoms with E-state index >= 15 is 0 Å². The van der Waals surface area contributed by atoms with E-state index in [9.17, 15) is 24.9 Å². The van der Waals surface area contributed by atoms with Crippen LogP contribution in [0.4, 0.5) is 0 Å². The number of aliphatic hydroxyl groups is 3. The molecule has 43 heavy (non-hydrogen) atoms. The fraction of sp³-hybridized carbons (Fsp3) is 0.771. The van der Waals surface area contributed by atoms with Crippen molar-refractivity contribution in [1.82, 2.24) is 5.32 Å². The van der Waals surface area contributed by atoms with Gasteiger partial charge >= 0.3 is 5.97 Å². The van der Waals surface area contributed by atoms with Gasteiger partial charge in [0, 0.05) is 25.6 Å². The zero-order chi connectivity index (χ0) is 32.0. The topological polar surface area (TPSA) is 125 Å². The molecule has 0 unspecified atom stereocenters. The zero-order valence-electron chi connectivity index (χ0n) is 27.6. The fourth-order valence-electron chi connectivity index (χ4n) is 5.44. The molecule has 0 radical (unpaired) electrons. The third-order valence-corrected chi connectivity index (χ3v) is 8.23. The van der Waals surface area contributed by atoms with E-state index in [4.69, 9.17) is 9.47 Å². The highest BCUT2D eigenvalue weighted by atomic mass is 16.5. The van der Waals surface area contributed by atoms with Crippen LogP contribution >= 0.6 is 0 Å². The molecule has 0 aromatic heterocycles. The molecule has 0 saturated heterocycles. The smallest absolute Gasteiger partial charge is 0.334 e. The molecule has 6 atom stereocenters. The number of esters is 1. The summed E-state index contributed by atoms with van der Waals surface area (Å²) < 4.78 is 10.9. The Morgan fingerprint density at radius 3 is 2.30 bits per heavy atom. The van der Waals surface area contributed by atoms with Gasteiger partial charge in [0.2, 0.25) is 0 Å². The summed E-state index contributed by atoms with van der Waals surface area (Å²) in [5.74, 6) is -0.216. The molecule has 1 amide bonds. The summed E-state index contributed by atoms with van der Waals surface area (Å²) in [6.07, 6.45) is 16.4. The number of aliphatic hydroxyl groups excluding tert-OH is 3. The van der Waals surface area contributed by atoms with Gasteiger partial charge in [0.05, 0.1) is 24.9 Å². The lowest BCUT2D eigenvalue weighted by molar-refractivity contribution is -0.152. The number of nitrogens with one attached hydrogen (secondary N) is 1. The van der Waals surface area contributed by atoms with Crippen molar-refractivity contribution in [3.8, 4) is 0 Å². The summed E-state index contributed by atoms with van der Waals surface area (Å²) in [5, 5.41) is 34.1. The second-order valence-electron chi connectivity index (χ2n) is 12.3. The predicted molar refractivity (Wildman–Crippen MR) is 172 cm³/mol. The number of hydrogen-bond donors (Lipinski definition) is 4. The number of hydrogen-bond acceptors (Lipinski definition) is 7. The van der Waals surface area contributed by atoms with Crippen molar-refractivity contribution in [2.24, 2.45) is 11.8 Å². The molecular formula is C35H61NO7. The molecule has 4 N–H and O–H groups in total. The lowest BCUT2D eigenvalue weighted by Gasteiger charge is -2.22. The number of cyclic esters (lactones) is 1. The van der Waals surface area contributed by atoms with Gasteiger partial charge in [0.25, 0.3) is 5.91 Å². The molecule has 1 aliphatic rings. The Labute approximate surface area is 261 Å². The van der Waals surface area contributed by atoms with E-state index in [1.165, 1.54) is 38.5 Å². The van der Waals surface area contributed by atoms with Gasteiger partial charge in [0.15, 0.2) is 6.10 Å². The van der Waals surface area contributed by atoms with Crippen LogP contribution in [0.15, 0.2) is 35.5 Å². The predicted octanol–water partition coefficient (Wildman–Crippen LogP) is 5.94. The van der Waals surface area contributed by atoms with E-state index in [1.54, 1.807) is 14.0 Å².